The van der Waals surface area contributed by atoms with E-state index in [2.05, 4.69) is 19.2 Å². The fraction of sp³-hybridized carbons (Fsp3) is 0.455. The van der Waals surface area contributed by atoms with E-state index in [-0.39, 0.29) is 17.0 Å². The number of carbonyl (C=O) groups excluding carboxylic acids is 1. The lowest BCUT2D eigenvalue weighted by Crippen LogP contribution is -2.21. The topological polar surface area (TPSA) is 57.7 Å². The Balaban J connectivity index is 3.30. The molecule has 0 fully saturated rings. The van der Waals surface area contributed by atoms with E-state index < -0.39 is 31.3 Å². The molecule has 1 aromatic rings. The zero-order chi connectivity index (χ0) is 15.3. The van der Waals surface area contributed by atoms with Crippen LogP contribution in [0.5, 0.6) is 11.8 Å². The van der Waals surface area contributed by atoms with Crippen molar-refractivity contribution in [3.05, 3.63) is 17.2 Å². The maximum atomic E-state index is 12.9. The smallest absolute Gasteiger partial charge is 0.481 e. The van der Waals surface area contributed by atoms with Gasteiger partial charge in [0.1, 0.15) is 6.67 Å². The Hall–Kier alpha value is -2.06. The predicted octanol–water partition coefficient (Wildman–Crippen LogP) is 2.17. The van der Waals surface area contributed by atoms with Gasteiger partial charge >= 0.3 is 12.3 Å². The number of alkyl halides is 4. The average molecular weight is 297 g/mol. The summed E-state index contributed by atoms with van der Waals surface area (Å²) >= 11 is 0. The number of aromatic nitrogens is 1. The molecule has 0 saturated carbocycles. The number of esters is 1. The third-order valence-electron chi connectivity index (χ3n) is 2.27. The Labute approximate surface area is 111 Å². The molecule has 0 aliphatic carbocycles. The first-order chi connectivity index (χ1) is 9.30. The molecule has 0 aliphatic heterocycles. The number of pyridine rings is 1. The largest absolute Gasteiger partial charge is 0.574 e. The van der Waals surface area contributed by atoms with E-state index in [9.17, 15) is 22.4 Å². The van der Waals surface area contributed by atoms with E-state index in [0.29, 0.717) is 0 Å². The van der Waals surface area contributed by atoms with E-state index in [1.54, 1.807) is 0 Å². The maximum Gasteiger partial charge on any atom is 0.574 e. The quantitative estimate of drug-likeness (QED) is 0.616. The summed E-state index contributed by atoms with van der Waals surface area (Å²) in [6.07, 6.45) is -5.63. The van der Waals surface area contributed by atoms with E-state index in [4.69, 9.17) is 0 Å². The Morgan fingerprint density at radius 1 is 1.35 bits per heavy atom. The lowest BCUT2D eigenvalue weighted by molar-refractivity contribution is -0.276. The molecular weight excluding hydrogens is 286 g/mol. The summed E-state index contributed by atoms with van der Waals surface area (Å²) < 4.78 is 62.5. The summed E-state index contributed by atoms with van der Waals surface area (Å²) in [4.78, 5) is 14.6. The summed E-state index contributed by atoms with van der Waals surface area (Å²) in [5.41, 5.74) is -0.529. The molecule has 0 saturated heterocycles. The number of carbonyl (C=O) groups is 1. The normalized spacial score (nSPS) is 11.1. The third kappa shape index (κ3) is 4.25. The van der Waals surface area contributed by atoms with Crippen molar-refractivity contribution in [3.8, 4) is 11.8 Å². The van der Waals surface area contributed by atoms with Gasteiger partial charge in [0.2, 0.25) is 11.8 Å². The number of hydrogen-bond acceptors (Lipinski definition) is 5. The Morgan fingerprint density at radius 2 is 2.00 bits per heavy atom. The van der Waals surface area contributed by atoms with E-state index >= 15 is 0 Å². The highest BCUT2D eigenvalue weighted by atomic mass is 19.4. The summed E-state index contributed by atoms with van der Waals surface area (Å²) in [5, 5.41) is 0. The summed E-state index contributed by atoms with van der Waals surface area (Å²) in [6, 6.07) is 1.08. The molecule has 0 amide bonds. The first-order valence-corrected chi connectivity index (χ1v) is 5.26. The van der Waals surface area contributed by atoms with Crippen LogP contribution in [0.4, 0.5) is 17.6 Å². The van der Waals surface area contributed by atoms with Crippen molar-refractivity contribution in [2.24, 2.45) is 0 Å². The van der Waals surface area contributed by atoms with E-state index in [1.807, 2.05) is 0 Å². The van der Waals surface area contributed by atoms with Crippen LogP contribution in [-0.2, 0) is 22.6 Å². The van der Waals surface area contributed by atoms with Gasteiger partial charge in [0.15, 0.2) is 0 Å². The van der Waals surface area contributed by atoms with Gasteiger partial charge in [0, 0.05) is 11.6 Å². The Morgan fingerprint density at radius 3 is 2.45 bits per heavy atom. The average Bonchev–Trinajstić information content (AvgIpc) is 2.38. The van der Waals surface area contributed by atoms with E-state index in [1.165, 1.54) is 0 Å². The van der Waals surface area contributed by atoms with Gasteiger partial charge < -0.3 is 14.2 Å². The van der Waals surface area contributed by atoms with E-state index in [0.717, 1.165) is 20.3 Å². The molecule has 1 rings (SSSR count). The first kappa shape index (κ1) is 16.0. The molecule has 0 unspecified atom stereocenters. The standard InChI is InChI=1S/C11H11F4NO4/c1-18-8-3-6(5-12)7(4-9(17)19-2)10(16-8)20-11(13,14)15/h3H,4-5H2,1-2H3. The van der Waals surface area contributed by atoms with Crippen LogP contribution in [0.15, 0.2) is 6.07 Å². The number of methoxy groups -OCH3 is 2. The number of rotatable bonds is 5. The summed E-state index contributed by atoms with van der Waals surface area (Å²) in [6.45, 7) is -1.11. The van der Waals surface area contributed by atoms with Gasteiger partial charge in [-0.1, -0.05) is 0 Å². The highest BCUT2D eigenvalue weighted by Gasteiger charge is 2.34. The number of nitrogens with zero attached hydrogens (tertiary/aromatic N) is 1. The first-order valence-electron chi connectivity index (χ1n) is 5.26. The van der Waals surface area contributed by atoms with Crippen LogP contribution in [0.3, 0.4) is 0 Å². The predicted molar refractivity (Wildman–Crippen MR) is 58.0 cm³/mol. The van der Waals surface area contributed by atoms with Crippen LogP contribution in [0, 0.1) is 0 Å². The van der Waals surface area contributed by atoms with Crippen LogP contribution in [-0.4, -0.2) is 31.5 Å². The van der Waals surface area contributed by atoms with Crippen molar-refractivity contribution in [1.82, 2.24) is 4.98 Å². The molecule has 0 radical (unpaired) electrons. The molecule has 0 spiro atoms. The second-order valence-corrected chi connectivity index (χ2v) is 3.54. The van der Waals surface area contributed by atoms with Gasteiger partial charge in [-0.15, -0.1) is 13.2 Å². The van der Waals surface area contributed by atoms with Gasteiger partial charge in [-0.2, -0.15) is 4.98 Å². The van der Waals surface area contributed by atoms with Crippen LogP contribution >= 0.6 is 0 Å². The summed E-state index contributed by atoms with van der Waals surface area (Å²) in [5.74, 6) is -2.04. The van der Waals surface area contributed by atoms with Crippen molar-refractivity contribution >= 4 is 5.97 Å². The molecule has 5 nitrogen and oxygen atoms in total. The number of ether oxygens (including phenoxy) is 3. The van der Waals surface area contributed by atoms with Gasteiger partial charge in [0.25, 0.3) is 0 Å². The second-order valence-electron chi connectivity index (χ2n) is 3.54. The highest BCUT2D eigenvalue weighted by molar-refractivity contribution is 5.73. The van der Waals surface area contributed by atoms with Gasteiger partial charge in [-0.3, -0.25) is 4.79 Å². The van der Waals surface area contributed by atoms with Crippen molar-refractivity contribution < 1.29 is 36.6 Å². The van der Waals surface area contributed by atoms with Gasteiger partial charge in [0.05, 0.1) is 20.6 Å². The molecule has 0 aliphatic rings. The number of halogens is 4. The van der Waals surface area contributed by atoms with Crippen molar-refractivity contribution in [2.75, 3.05) is 14.2 Å². The summed E-state index contributed by atoms with van der Waals surface area (Å²) in [7, 11) is 2.21. The lowest BCUT2D eigenvalue weighted by atomic mass is 10.1. The highest BCUT2D eigenvalue weighted by Crippen LogP contribution is 2.30. The fourth-order valence-electron chi connectivity index (χ4n) is 1.40. The minimum Gasteiger partial charge on any atom is -0.481 e. The molecule has 112 valence electrons. The molecule has 0 bridgehead atoms. The zero-order valence-corrected chi connectivity index (χ0v) is 10.6. The third-order valence-corrected chi connectivity index (χ3v) is 2.27. The minimum absolute atomic E-state index is 0.193. The molecule has 1 heterocycles. The minimum atomic E-state index is -5.03. The molecule has 0 aromatic carbocycles. The van der Waals surface area contributed by atoms with Crippen LogP contribution < -0.4 is 9.47 Å². The molecule has 0 N–H and O–H groups in total. The Kier molecular flexibility index (Phi) is 5.12. The molecule has 1 aromatic heterocycles. The van der Waals surface area contributed by atoms with Crippen molar-refractivity contribution in [2.45, 2.75) is 19.5 Å². The second kappa shape index (κ2) is 6.40. The molecule has 20 heavy (non-hydrogen) atoms. The van der Waals surface area contributed by atoms with Crippen LogP contribution in [0.2, 0.25) is 0 Å². The van der Waals surface area contributed by atoms with Crippen molar-refractivity contribution in [1.29, 1.82) is 0 Å². The molecule has 9 heteroatoms. The SMILES string of the molecule is COC(=O)Cc1c(CF)cc(OC)nc1OC(F)(F)F. The van der Waals surface area contributed by atoms with Gasteiger partial charge in [-0.25, -0.2) is 4.39 Å². The van der Waals surface area contributed by atoms with Crippen LogP contribution in [0.1, 0.15) is 11.1 Å². The van der Waals surface area contributed by atoms with Crippen molar-refractivity contribution in [3.63, 3.8) is 0 Å². The maximum absolute atomic E-state index is 12.9. The molecule has 0 atom stereocenters. The fourth-order valence-corrected chi connectivity index (χ4v) is 1.40. The molecular formula is C11H11F4NO4. The lowest BCUT2D eigenvalue weighted by Gasteiger charge is -2.15. The van der Waals surface area contributed by atoms with Crippen LogP contribution in [0.25, 0.3) is 0 Å². The van der Waals surface area contributed by atoms with Gasteiger partial charge in [-0.05, 0) is 5.56 Å². The number of hydrogen-bond donors (Lipinski definition) is 0. The Bertz CT molecular complexity index is 490. The zero-order valence-electron chi connectivity index (χ0n) is 10.6. The monoisotopic (exact) mass is 297 g/mol.